The number of phenolic OH excluding ortho intramolecular Hbond substituents is 1. The molecule has 0 saturated heterocycles. The van der Waals surface area contributed by atoms with Crippen molar-refractivity contribution in [3.8, 4) is 5.75 Å². The third-order valence-corrected chi connectivity index (χ3v) is 3.91. The molecule has 0 aromatic heterocycles. The van der Waals surface area contributed by atoms with Gasteiger partial charge >= 0.3 is 0 Å². The largest absolute Gasteiger partial charge is 0.508 e. The summed E-state index contributed by atoms with van der Waals surface area (Å²) < 4.78 is 0. The van der Waals surface area contributed by atoms with Crippen LogP contribution in [0.2, 0.25) is 19.6 Å². The highest BCUT2D eigenvalue weighted by Gasteiger charge is 2.18. The summed E-state index contributed by atoms with van der Waals surface area (Å²) in [4.78, 5) is 0. The lowest BCUT2D eigenvalue weighted by molar-refractivity contribution is 0.476. The van der Waals surface area contributed by atoms with E-state index in [1.165, 1.54) is 5.19 Å². The van der Waals surface area contributed by atoms with Crippen molar-refractivity contribution in [1.29, 1.82) is 0 Å². The van der Waals surface area contributed by atoms with Crippen LogP contribution >= 0.6 is 0 Å². The fraction of sp³-hybridized carbons (Fsp3) is 0.333. The Hall–Kier alpha value is -0.963. The van der Waals surface area contributed by atoms with Crippen LogP contribution in [-0.2, 0) is 0 Å². The second-order valence-corrected chi connectivity index (χ2v) is 9.06. The zero-order valence-electron chi connectivity index (χ0n) is 7.76. The summed E-state index contributed by atoms with van der Waals surface area (Å²) in [6, 6.07) is 5.24. The van der Waals surface area contributed by atoms with Crippen molar-refractivity contribution >= 4 is 18.9 Å². The summed E-state index contributed by atoms with van der Waals surface area (Å²) in [5.41, 5.74) is 6.50. The van der Waals surface area contributed by atoms with Crippen LogP contribution < -0.4 is 10.9 Å². The third-order valence-electron chi connectivity index (χ3n) is 1.84. The second-order valence-electron chi connectivity index (χ2n) is 4.02. The Morgan fingerprint density at radius 1 is 1.25 bits per heavy atom. The maximum atomic E-state index is 9.14. The molecule has 1 rings (SSSR count). The predicted octanol–water partition coefficient (Wildman–Crippen LogP) is 1.52. The van der Waals surface area contributed by atoms with E-state index in [9.17, 15) is 0 Å². The number of hydrogen-bond donors (Lipinski definition) is 2. The average Bonchev–Trinajstić information content (AvgIpc) is 1.83. The van der Waals surface area contributed by atoms with E-state index >= 15 is 0 Å². The van der Waals surface area contributed by atoms with Crippen LogP contribution in [-0.4, -0.2) is 13.2 Å². The molecular formula is C9H15NOSi. The summed E-state index contributed by atoms with van der Waals surface area (Å²) in [7, 11) is -1.34. The number of anilines is 1. The van der Waals surface area contributed by atoms with E-state index in [4.69, 9.17) is 10.8 Å². The van der Waals surface area contributed by atoms with Gasteiger partial charge in [0.1, 0.15) is 5.75 Å². The summed E-state index contributed by atoms with van der Waals surface area (Å²) in [6.07, 6.45) is 0. The number of benzene rings is 1. The highest BCUT2D eigenvalue weighted by atomic mass is 28.3. The van der Waals surface area contributed by atoms with Crippen LogP contribution in [0, 0.1) is 0 Å². The van der Waals surface area contributed by atoms with Gasteiger partial charge in [-0.2, -0.15) is 0 Å². The number of hydrogen-bond acceptors (Lipinski definition) is 2. The molecule has 12 heavy (non-hydrogen) atoms. The molecule has 0 amide bonds. The van der Waals surface area contributed by atoms with Gasteiger partial charge in [0.25, 0.3) is 0 Å². The Balaban J connectivity index is 3.19. The molecule has 0 saturated carbocycles. The van der Waals surface area contributed by atoms with Crippen molar-refractivity contribution in [2.24, 2.45) is 0 Å². The molecule has 3 heteroatoms. The van der Waals surface area contributed by atoms with Gasteiger partial charge in [-0.3, -0.25) is 0 Å². The van der Waals surface area contributed by atoms with Gasteiger partial charge in [-0.05, 0) is 11.3 Å². The molecule has 66 valence electrons. The number of aromatic hydroxyl groups is 1. The molecule has 1 aromatic rings. The molecule has 0 aliphatic carbocycles. The van der Waals surface area contributed by atoms with Gasteiger partial charge in [0.2, 0.25) is 0 Å². The quantitative estimate of drug-likeness (QED) is 0.510. The normalized spacial score (nSPS) is 11.6. The molecular weight excluding hydrogens is 166 g/mol. The van der Waals surface area contributed by atoms with E-state index in [0.29, 0.717) is 5.69 Å². The lowest BCUT2D eigenvalue weighted by Crippen LogP contribution is -2.39. The first-order valence-corrected chi connectivity index (χ1v) is 7.50. The van der Waals surface area contributed by atoms with E-state index in [1.807, 2.05) is 6.07 Å². The molecule has 0 aliphatic heterocycles. The highest BCUT2D eigenvalue weighted by Crippen LogP contribution is 2.14. The zero-order chi connectivity index (χ0) is 9.35. The van der Waals surface area contributed by atoms with Crippen LogP contribution in [0.3, 0.4) is 0 Å². The van der Waals surface area contributed by atoms with Crippen LogP contribution in [0.4, 0.5) is 5.69 Å². The topological polar surface area (TPSA) is 46.2 Å². The van der Waals surface area contributed by atoms with E-state index < -0.39 is 8.07 Å². The maximum Gasteiger partial charge on any atom is 0.117 e. The summed E-state index contributed by atoms with van der Waals surface area (Å²) in [5.74, 6) is 0.245. The first kappa shape index (κ1) is 9.13. The van der Waals surface area contributed by atoms with Gasteiger partial charge in [0.05, 0.1) is 8.07 Å². The lowest BCUT2D eigenvalue weighted by atomic mass is 10.3. The summed E-state index contributed by atoms with van der Waals surface area (Å²) in [5, 5.41) is 10.3. The van der Waals surface area contributed by atoms with Gasteiger partial charge in [-0.25, -0.2) is 0 Å². The minimum absolute atomic E-state index is 0.245. The Labute approximate surface area is 74.0 Å². The van der Waals surface area contributed by atoms with E-state index in [-0.39, 0.29) is 5.75 Å². The Morgan fingerprint density at radius 2 is 1.83 bits per heavy atom. The van der Waals surface area contributed by atoms with Crippen molar-refractivity contribution in [3.63, 3.8) is 0 Å². The van der Waals surface area contributed by atoms with Crippen LogP contribution in [0.5, 0.6) is 5.75 Å². The van der Waals surface area contributed by atoms with Crippen molar-refractivity contribution < 1.29 is 5.11 Å². The molecule has 0 heterocycles. The molecule has 0 unspecified atom stereocenters. The molecule has 0 aliphatic rings. The fourth-order valence-electron chi connectivity index (χ4n) is 1.23. The number of phenols is 1. The van der Waals surface area contributed by atoms with Crippen molar-refractivity contribution in [2.45, 2.75) is 19.6 Å². The van der Waals surface area contributed by atoms with E-state index in [2.05, 4.69) is 19.6 Å². The zero-order valence-corrected chi connectivity index (χ0v) is 8.76. The summed E-state index contributed by atoms with van der Waals surface area (Å²) in [6.45, 7) is 6.70. The maximum absolute atomic E-state index is 9.14. The number of nitrogens with two attached hydrogens (primary N) is 1. The van der Waals surface area contributed by atoms with Crippen molar-refractivity contribution in [1.82, 2.24) is 0 Å². The molecule has 0 radical (unpaired) electrons. The summed E-state index contributed by atoms with van der Waals surface area (Å²) >= 11 is 0. The van der Waals surface area contributed by atoms with Crippen molar-refractivity contribution in [3.05, 3.63) is 18.2 Å². The van der Waals surface area contributed by atoms with Crippen LogP contribution in [0.25, 0.3) is 0 Å². The minimum Gasteiger partial charge on any atom is -0.508 e. The van der Waals surface area contributed by atoms with Gasteiger partial charge in [0, 0.05) is 11.8 Å². The van der Waals surface area contributed by atoms with Gasteiger partial charge < -0.3 is 10.8 Å². The highest BCUT2D eigenvalue weighted by molar-refractivity contribution is 6.89. The molecule has 1 aromatic carbocycles. The standard InChI is InChI=1S/C9H15NOSi/c1-12(2,3)9-5-4-7(11)6-8(9)10/h4-6,11H,10H2,1-3H3. The average molecular weight is 181 g/mol. The lowest BCUT2D eigenvalue weighted by Gasteiger charge is -2.18. The van der Waals surface area contributed by atoms with Gasteiger partial charge in [0.15, 0.2) is 0 Å². The number of nitrogen functional groups attached to an aromatic ring is 1. The first-order valence-electron chi connectivity index (χ1n) is 4.00. The molecule has 0 atom stereocenters. The fourth-order valence-corrected chi connectivity index (χ4v) is 2.75. The van der Waals surface area contributed by atoms with E-state index in [0.717, 1.165) is 0 Å². The molecule has 0 bridgehead atoms. The molecule has 3 N–H and O–H groups in total. The Kier molecular flexibility index (Phi) is 2.15. The van der Waals surface area contributed by atoms with Crippen LogP contribution in [0.15, 0.2) is 18.2 Å². The second kappa shape index (κ2) is 2.82. The minimum atomic E-state index is -1.34. The third kappa shape index (κ3) is 1.79. The Bertz CT molecular complexity index is 291. The number of rotatable bonds is 1. The Morgan fingerprint density at radius 3 is 2.25 bits per heavy atom. The monoisotopic (exact) mass is 181 g/mol. The van der Waals surface area contributed by atoms with Gasteiger partial charge in [-0.15, -0.1) is 0 Å². The SMILES string of the molecule is C[Si](C)(C)c1ccc(O)cc1N. The van der Waals surface area contributed by atoms with Crippen LogP contribution in [0.1, 0.15) is 0 Å². The first-order chi connectivity index (χ1) is 5.41. The molecule has 2 nitrogen and oxygen atoms in total. The molecule has 0 fully saturated rings. The van der Waals surface area contributed by atoms with Crippen molar-refractivity contribution in [2.75, 3.05) is 5.73 Å². The smallest absolute Gasteiger partial charge is 0.117 e. The van der Waals surface area contributed by atoms with E-state index in [1.54, 1.807) is 12.1 Å². The predicted molar refractivity (Wildman–Crippen MR) is 55.5 cm³/mol. The van der Waals surface area contributed by atoms with Gasteiger partial charge in [-0.1, -0.05) is 25.7 Å². The molecule has 0 spiro atoms.